The number of hydrogen-bond donors (Lipinski definition) is 1. The highest BCUT2D eigenvalue weighted by molar-refractivity contribution is 7.99. The number of nitrogens with one attached hydrogen (secondary N) is 1. The van der Waals surface area contributed by atoms with E-state index in [1.807, 2.05) is 0 Å². The van der Waals surface area contributed by atoms with Gasteiger partial charge in [0.15, 0.2) is 0 Å². The summed E-state index contributed by atoms with van der Waals surface area (Å²) in [6.45, 7) is 5.61. The van der Waals surface area contributed by atoms with Crippen molar-refractivity contribution in [2.75, 3.05) is 18.9 Å². The minimum atomic E-state index is -0.575. The number of thioether (sulfide) groups is 1. The van der Waals surface area contributed by atoms with Crippen molar-refractivity contribution < 1.29 is 23.5 Å². The van der Waals surface area contributed by atoms with Crippen molar-refractivity contribution >= 4 is 23.8 Å². The van der Waals surface area contributed by atoms with Crippen LogP contribution in [0.25, 0.3) is 0 Å². The van der Waals surface area contributed by atoms with Crippen LogP contribution in [-0.2, 0) is 14.3 Å². The van der Waals surface area contributed by atoms with E-state index in [4.69, 9.17) is 9.47 Å². The number of alkyl carbamates (subject to hydrolysis) is 1. The summed E-state index contributed by atoms with van der Waals surface area (Å²) in [7, 11) is 0. The molecule has 128 valence electrons. The predicted molar refractivity (Wildman–Crippen MR) is 86.9 cm³/mol. The van der Waals surface area contributed by atoms with Crippen LogP contribution in [0.5, 0.6) is 0 Å². The standard InChI is InChI=1S/C16H22FNO4S/c1-16(2,3)22-15(20)18-9-8-14(19)21-10-11-23-13-7-5-4-6-12(13)17/h4-7H,8-11H2,1-3H3,(H,18,20). The van der Waals surface area contributed by atoms with E-state index in [1.54, 1.807) is 39.0 Å². The Bertz CT molecular complexity index is 531. The van der Waals surface area contributed by atoms with Gasteiger partial charge in [0.1, 0.15) is 18.0 Å². The molecular formula is C16H22FNO4S. The van der Waals surface area contributed by atoms with Crippen molar-refractivity contribution in [1.29, 1.82) is 0 Å². The Morgan fingerprint density at radius 1 is 1.26 bits per heavy atom. The lowest BCUT2D eigenvalue weighted by atomic mass is 10.2. The van der Waals surface area contributed by atoms with Gasteiger partial charge in [0.05, 0.1) is 6.42 Å². The quantitative estimate of drug-likeness (QED) is 0.467. The molecule has 0 fully saturated rings. The number of benzene rings is 1. The number of carbonyl (C=O) groups is 2. The summed E-state index contributed by atoms with van der Waals surface area (Å²) in [5, 5.41) is 2.48. The molecule has 7 heteroatoms. The Morgan fingerprint density at radius 3 is 2.61 bits per heavy atom. The lowest BCUT2D eigenvalue weighted by Gasteiger charge is -2.19. The van der Waals surface area contributed by atoms with Gasteiger partial charge in [0.2, 0.25) is 0 Å². The molecule has 1 aromatic carbocycles. The maximum Gasteiger partial charge on any atom is 0.407 e. The van der Waals surface area contributed by atoms with E-state index in [1.165, 1.54) is 17.8 Å². The molecule has 0 saturated heterocycles. The first-order chi connectivity index (χ1) is 10.8. The summed E-state index contributed by atoms with van der Waals surface area (Å²) < 4.78 is 23.4. The van der Waals surface area contributed by atoms with Gasteiger partial charge in [-0.3, -0.25) is 4.79 Å². The molecule has 0 radical (unpaired) electrons. The van der Waals surface area contributed by atoms with Gasteiger partial charge >= 0.3 is 12.1 Å². The molecule has 0 heterocycles. The second-order valence-corrected chi connectivity index (χ2v) is 6.81. The zero-order chi connectivity index (χ0) is 17.3. The van der Waals surface area contributed by atoms with Crippen molar-refractivity contribution in [3.05, 3.63) is 30.1 Å². The summed E-state index contributed by atoms with van der Waals surface area (Å²) in [4.78, 5) is 23.4. The molecule has 0 bridgehead atoms. The average molecular weight is 343 g/mol. The third-order valence-corrected chi connectivity index (χ3v) is 3.45. The van der Waals surface area contributed by atoms with Crippen molar-refractivity contribution in [3.8, 4) is 0 Å². The van der Waals surface area contributed by atoms with Crippen molar-refractivity contribution in [1.82, 2.24) is 5.32 Å². The third-order valence-electron chi connectivity index (χ3n) is 2.44. The maximum absolute atomic E-state index is 13.4. The largest absolute Gasteiger partial charge is 0.465 e. The molecule has 23 heavy (non-hydrogen) atoms. The normalized spacial score (nSPS) is 11.0. The Labute approximate surface area is 139 Å². The van der Waals surface area contributed by atoms with Crippen molar-refractivity contribution in [2.24, 2.45) is 0 Å². The number of amides is 1. The number of esters is 1. The van der Waals surface area contributed by atoms with Gasteiger partial charge in [-0.2, -0.15) is 0 Å². The minimum absolute atomic E-state index is 0.0591. The molecule has 1 N–H and O–H groups in total. The molecule has 0 aliphatic carbocycles. The molecule has 1 aromatic rings. The highest BCUT2D eigenvalue weighted by atomic mass is 32.2. The van der Waals surface area contributed by atoms with Crippen LogP contribution in [0, 0.1) is 5.82 Å². The Balaban J connectivity index is 2.11. The highest BCUT2D eigenvalue weighted by Gasteiger charge is 2.16. The Hall–Kier alpha value is -1.76. The first kappa shape index (κ1) is 19.3. The maximum atomic E-state index is 13.4. The fourth-order valence-electron chi connectivity index (χ4n) is 1.52. The fraction of sp³-hybridized carbons (Fsp3) is 0.500. The molecule has 0 aliphatic rings. The summed E-state index contributed by atoms with van der Waals surface area (Å²) >= 11 is 1.28. The summed E-state index contributed by atoms with van der Waals surface area (Å²) in [6, 6.07) is 6.43. The molecule has 0 saturated carbocycles. The third kappa shape index (κ3) is 9.07. The first-order valence-corrected chi connectivity index (χ1v) is 8.26. The average Bonchev–Trinajstić information content (AvgIpc) is 2.43. The fourth-order valence-corrected chi connectivity index (χ4v) is 2.29. The van der Waals surface area contributed by atoms with E-state index >= 15 is 0 Å². The van der Waals surface area contributed by atoms with Crippen LogP contribution >= 0.6 is 11.8 Å². The van der Waals surface area contributed by atoms with Gasteiger partial charge in [-0.15, -0.1) is 11.8 Å². The monoisotopic (exact) mass is 343 g/mol. The molecule has 5 nitrogen and oxygen atoms in total. The van der Waals surface area contributed by atoms with Crippen LogP contribution in [0.15, 0.2) is 29.2 Å². The van der Waals surface area contributed by atoms with Gasteiger partial charge in [-0.05, 0) is 32.9 Å². The van der Waals surface area contributed by atoms with Crippen LogP contribution < -0.4 is 5.32 Å². The SMILES string of the molecule is CC(C)(C)OC(=O)NCCC(=O)OCCSc1ccccc1F. The minimum Gasteiger partial charge on any atom is -0.465 e. The molecule has 0 spiro atoms. The summed E-state index contributed by atoms with van der Waals surface area (Å²) in [5.74, 6) is -0.243. The summed E-state index contributed by atoms with van der Waals surface area (Å²) in [6.07, 6.45) is -0.510. The van der Waals surface area contributed by atoms with Crippen LogP contribution in [0.1, 0.15) is 27.2 Å². The van der Waals surface area contributed by atoms with Crippen LogP contribution in [-0.4, -0.2) is 36.6 Å². The molecule has 0 atom stereocenters. The smallest absolute Gasteiger partial charge is 0.407 e. The van der Waals surface area contributed by atoms with Crippen molar-refractivity contribution in [3.63, 3.8) is 0 Å². The van der Waals surface area contributed by atoms with E-state index in [2.05, 4.69) is 5.32 Å². The predicted octanol–water partition coefficient (Wildman–Crippen LogP) is 3.38. The number of halogens is 1. The number of rotatable bonds is 7. The second kappa shape index (κ2) is 9.39. The topological polar surface area (TPSA) is 64.6 Å². The molecule has 1 rings (SSSR count). The Kier molecular flexibility index (Phi) is 7.88. The van der Waals surface area contributed by atoms with Crippen LogP contribution in [0.2, 0.25) is 0 Å². The summed E-state index contributed by atoms with van der Waals surface area (Å²) in [5.41, 5.74) is -0.575. The van der Waals surface area contributed by atoms with Gasteiger partial charge in [-0.1, -0.05) is 12.1 Å². The van der Waals surface area contributed by atoms with Crippen molar-refractivity contribution in [2.45, 2.75) is 37.7 Å². The van der Waals surface area contributed by atoms with Gasteiger partial charge in [0, 0.05) is 17.2 Å². The van der Waals surface area contributed by atoms with E-state index in [9.17, 15) is 14.0 Å². The van der Waals surface area contributed by atoms with E-state index < -0.39 is 17.7 Å². The molecule has 0 unspecified atom stereocenters. The van der Waals surface area contributed by atoms with Gasteiger partial charge in [-0.25, -0.2) is 9.18 Å². The van der Waals surface area contributed by atoms with Crippen LogP contribution in [0.3, 0.4) is 0 Å². The number of carbonyl (C=O) groups excluding carboxylic acids is 2. The molecule has 0 aliphatic heterocycles. The molecular weight excluding hydrogens is 321 g/mol. The highest BCUT2D eigenvalue weighted by Crippen LogP contribution is 2.20. The lowest BCUT2D eigenvalue weighted by molar-refractivity contribution is -0.142. The first-order valence-electron chi connectivity index (χ1n) is 7.28. The Morgan fingerprint density at radius 2 is 1.96 bits per heavy atom. The zero-order valence-corrected chi connectivity index (χ0v) is 14.4. The van der Waals surface area contributed by atoms with E-state index in [0.717, 1.165) is 0 Å². The molecule has 0 aromatic heterocycles. The zero-order valence-electron chi connectivity index (χ0n) is 13.6. The van der Waals surface area contributed by atoms with E-state index in [-0.39, 0.29) is 25.4 Å². The lowest BCUT2D eigenvalue weighted by Crippen LogP contribution is -2.33. The van der Waals surface area contributed by atoms with Crippen LogP contribution in [0.4, 0.5) is 9.18 Å². The van der Waals surface area contributed by atoms with Gasteiger partial charge in [0.25, 0.3) is 0 Å². The van der Waals surface area contributed by atoms with E-state index in [0.29, 0.717) is 10.6 Å². The number of ether oxygens (including phenoxy) is 2. The van der Waals surface area contributed by atoms with Gasteiger partial charge < -0.3 is 14.8 Å². The molecule has 1 amide bonds. The number of hydrogen-bond acceptors (Lipinski definition) is 5. The second-order valence-electron chi connectivity index (χ2n) is 5.68.